The minimum atomic E-state index is -3.18. The highest BCUT2D eigenvalue weighted by atomic mass is 32.2. The van der Waals surface area contributed by atoms with E-state index in [1.807, 2.05) is 6.92 Å². The van der Waals surface area contributed by atoms with Crippen LogP contribution >= 0.6 is 0 Å². The summed E-state index contributed by atoms with van der Waals surface area (Å²) in [5.41, 5.74) is -0.372. The molecule has 1 aliphatic heterocycles. The Balaban J connectivity index is 2.29. The molecule has 0 bridgehead atoms. The van der Waals surface area contributed by atoms with Crippen LogP contribution in [0.4, 0.5) is 0 Å². The summed E-state index contributed by atoms with van der Waals surface area (Å²) in [4.78, 5) is 11.9. The molecule has 1 fully saturated rings. The van der Waals surface area contributed by atoms with Crippen LogP contribution in [0.25, 0.3) is 0 Å². The summed E-state index contributed by atoms with van der Waals surface area (Å²) >= 11 is 0. The topological polar surface area (TPSA) is 87.3 Å². The van der Waals surface area contributed by atoms with Crippen molar-refractivity contribution in [1.29, 1.82) is 0 Å². The fourth-order valence-electron chi connectivity index (χ4n) is 1.88. The summed E-state index contributed by atoms with van der Waals surface area (Å²) in [5.74, 6) is -0.0139. The number of nitrogens with one attached hydrogen (secondary N) is 3. The third-order valence-electron chi connectivity index (χ3n) is 2.92. The van der Waals surface area contributed by atoms with Gasteiger partial charge in [-0.2, -0.15) is 0 Å². The number of hydrogen-bond acceptors (Lipinski definition) is 4. The molecule has 0 aromatic carbocycles. The third-order valence-corrected chi connectivity index (χ3v) is 3.65. The van der Waals surface area contributed by atoms with Gasteiger partial charge in [0, 0.05) is 19.6 Å². The van der Waals surface area contributed by atoms with Gasteiger partial charge in [-0.15, -0.1) is 0 Å². The highest BCUT2D eigenvalue weighted by molar-refractivity contribution is 7.88. The largest absolute Gasteiger partial charge is 0.354 e. The first-order chi connectivity index (χ1) is 7.83. The summed E-state index contributed by atoms with van der Waals surface area (Å²) in [5, 5.41) is 5.96. The molecule has 1 heterocycles. The van der Waals surface area contributed by atoms with E-state index in [2.05, 4.69) is 15.4 Å². The second-order valence-corrected chi connectivity index (χ2v) is 6.60. The Morgan fingerprint density at radius 3 is 2.65 bits per heavy atom. The molecule has 0 spiro atoms. The van der Waals surface area contributed by atoms with Gasteiger partial charge in [0.25, 0.3) is 0 Å². The van der Waals surface area contributed by atoms with Crippen molar-refractivity contribution < 1.29 is 13.2 Å². The normalized spacial score (nSPS) is 25.5. The van der Waals surface area contributed by atoms with Crippen molar-refractivity contribution in [3.05, 3.63) is 0 Å². The van der Waals surface area contributed by atoms with E-state index in [9.17, 15) is 13.2 Å². The van der Waals surface area contributed by atoms with E-state index in [-0.39, 0.29) is 17.9 Å². The third kappa shape index (κ3) is 5.01. The van der Waals surface area contributed by atoms with Crippen molar-refractivity contribution in [3.8, 4) is 0 Å². The zero-order chi connectivity index (χ0) is 12.9. The summed E-state index contributed by atoms with van der Waals surface area (Å²) in [6.07, 6.45) is 2.96. The molecule has 1 saturated heterocycles. The molecule has 1 unspecified atom stereocenters. The Kier molecular flexibility index (Phi) is 4.91. The highest BCUT2D eigenvalue weighted by Crippen LogP contribution is 2.25. The fourth-order valence-corrected chi connectivity index (χ4v) is 2.35. The molecular weight excluding hydrogens is 242 g/mol. The average molecular weight is 263 g/mol. The molecule has 0 radical (unpaired) electrons. The van der Waals surface area contributed by atoms with Crippen LogP contribution < -0.4 is 15.4 Å². The van der Waals surface area contributed by atoms with Crippen molar-refractivity contribution >= 4 is 15.9 Å². The molecule has 1 rings (SSSR count). The maximum Gasteiger partial charge on any atom is 0.227 e. The van der Waals surface area contributed by atoms with Crippen LogP contribution in [0.1, 0.15) is 19.8 Å². The maximum atomic E-state index is 11.9. The zero-order valence-corrected chi connectivity index (χ0v) is 11.2. The zero-order valence-electron chi connectivity index (χ0n) is 10.4. The number of amides is 1. The number of piperidine rings is 1. The van der Waals surface area contributed by atoms with Crippen LogP contribution in [0, 0.1) is 5.41 Å². The van der Waals surface area contributed by atoms with Gasteiger partial charge in [-0.05, 0) is 26.3 Å². The van der Waals surface area contributed by atoms with E-state index in [1.54, 1.807) is 0 Å². The Labute approximate surface area is 103 Å². The van der Waals surface area contributed by atoms with E-state index in [0.29, 0.717) is 13.1 Å². The molecule has 1 aliphatic rings. The fraction of sp³-hybridized carbons (Fsp3) is 0.900. The lowest BCUT2D eigenvalue weighted by molar-refractivity contribution is -0.131. The summed E-state index contributed by atoms with van der Waals surface area (Å²) in [6.45, 7) is 4.12. The van der Waals surface area contributed by atoms with Gasteiger partial charge < -0.3 is 10.6 Å². The van der Waals surface area contributed by atoms with Gasteiger partial charge in [0.05, 0.1) is 11.7 Å². The van der Waals surface area contributed by atoms with Crippen LogP contribution in [0.5, 0.6) is 0 Å². The van der Waals surface area contributed by atoms with E-state index in [4.69, 9.17) is 0 Å². The molecular formula is C10H21N3O3S. The van der Waals surface area contributed by atoms with Crippen molar-refractivity contribution in [3.63, 3.8) is 0 Å². The quantitative estimate of drug-likeness (QED) is 0.558. The van der Waals surface area contributed by atoms with Crippen molar-refractivity contribution in [2.24, 2.45) is 5.41 Å². The minimum Gasteiger partial charge on any atom is -0.354 e. The first-order valence-corrected chi connectivity index (χ1v) is 7.66. The molecule has 7 heteroatoms. The Hall–Kier alpha value is -0.660. The monoisotopic (exact) mass is 263 g/mol. The SMILES string of the molecule is CC1(C(=O)NCCNS(C)(=O)=O)CCCNC1. The van der Waals surface area contributed by atoms with E-state index in [0.717, 1.165) is 25.6 Å². The first-order valence-electron chi connectivity index (χ1n) is 5.77. The molecule has 0 saturated carbocycles. The van der Waals surface area contributed by atoms with Crippen LogP contribution in [0.3, 0.4) is 0 Å². The maximum absolute atomic E-state index is 11.9. The van der Waals surface area contributed by atoms with E-state index in [1.165, 1.54) is 0 Å². The van der Waals surface area contributed by atoms with Gasteiger partial charge in [0.15, 0.2) is 0 Å². The first kappa shape index (κ1) is 14.4. The van der Waals surface area contributed by atoms with Crippen molar-refractivity contribution in [2.45, 2.75) is 19.8 Å². The second kappa shape index (κ2) is 5.79. The van der Waals surface area contributed by atoms with Crippen molar-refractivity contribution in [2.75, 3.05) is 32.4 Å². The lowest BCUT2D eigenvalue weighted by Gasteiger charge is -2.32. The lowest BCUT2D eigenvalue weighted by atomic mass is 9.82. The number of carbonyl (C=O) groups excluding carboxylic acids is 1. The number of hydrogen-bond donors (Lipinski definition) is 3. The van der Waals surface area contributed by atoms with Crippen LogP contribution in [-0.4, -0.2) is 46.8 Å². The average Bonchev–Trinajstić information content (AvgIpc) is 2.24. The van der Waals surface area contributed by atoms with Crippen molar-refractivity contribution in [1.82, 2.24) is 15.4 Å². The van der Waals surface area contributed by atoms with Gasteiger partial charge in [-0.1, -0.05) is 0 Å². The van der Waals surface area contributed by atoms with Gasteiger partial charge in [-0.25, -0.2) is 13.1 Å². The van der Waals surface area contributed by atoms with E-state index < -0.39 is 10.0 Å². The lowest BCUT2D eigenvalue weighted by Crippen LogP contribution is -2.49. The predicted molar refractivity (Wildman–Crippen MR) is 66.1 cm³/mol. The molecule has 0 aliphatic carbocycles. The number of rotatable bonds is 5. The Bertz CT molecular complexity index is 361. The molecule has 1 amide bonds. The molecule has 17 heavy (non-hydrogen) atoms. The standard InChI is InChI=1S/C10H21N3O3S/c1-10(4-3-5-11-8-10)9(14)12-6-7-13-17(2,15)16/h11,13H,3-8H2,1-2H3,(H,12,14). The number of carbonyl (C=O) groups is 1. The second-order valence-electron chi connectivity index (χ2n) is 4.76. The summed E-state index contributed by atoms with van der Waals surface area (Å²) in [7, 11) is -3.18. The molecule has 100 valence electrons. The summed E-state index contributed by atoms with van der Waals surface area (Å²) < 4.78 is 23.9. The van der Waals surface area contributed by atoms with Crippen LogP contribution in [-0.2, 0) is 14.8 Å². The molecule has 0 aromatic heterocycles. The molecule has 1 atom stereocenters. The Morgan fingerprint density at radius 1 is 1.41 bits per heavy atom. The highest BCUT2D eigenvalue weighted by Gasteiger charge is 2.34. The van der Waals surface area contributed by atoms with Gasteiger partial charge in [-0.3, -0.25) is 4.79 Å². The predicted octanol–water partition coefficient (Wildman–Crippen LogP) is -0.958. The van der Waals surface area contributed by atoms with Crippen LogP contribution in [0.2, 0.25) is 0 Å². The van der Waals surface area contributed by atoms with Gasteiger partial charge in [0.2, 0.25) is 15.9 Å². The molecule has 3 N–H and O–H groups in total. The number of sulfonamides is 1. The van der Waals surface area contributed by atoms with Gasteiger partial charge >= 0.3 is 0 Å². The van der Waals surface area contributed by atoms with E-state index >= 15 is 0 Å². The summed E-state index contributed by atoms with van der Waals surface area (Å²) in [6, 6.07) is 0. The van der Waals surface area contributed by atoms with Gasteiger partial charge in [0.1, 0.15) is 0 Å². The van der Waals surface area contributed by atoms with Crippen LogP contribution in [0.15, 0.2) is 0 Å². The molecule has 6 nitrogen and oxygen atoms in total. The smallest absolute Gasteiger partial charge is 0.227 e. The molecule has 0 aromatic rings. The minimum absolute atomic E-state index is 0.0139. The Morgan fingerprint density at radius 2 is 2.12 bits per heavy atom.